The van der Waals surface area contributed by atoms with Crippen molar-refractivity contribution in [3.63, 3.8) is 0 Å². The summed E-state index contributed by atoms with van der Waals surface area (Å²) in [5.41, 5.74) is -5.21. The maximum Gasteiger partial charge on any atom is 0.339 e. The Balaban J connectivity index is 1.01. The predicted octanol–water partition coefficient (Wildman–Crippen LogP) is 3.53. The number of aliphatic hydroxyl groups is 2. The van der Waals surface area contributed by atoms with Gasteiger partial charge in [0.2, 0.25) is 0 Å². The molecule has 14 atom stereocenters. The first kappa shape index (κ1) is 35.8. The minimum atomic E-state index is -1.44. The second-order valence-corrected chi connectivity index (χ2v) is 19.4. The van der Waals surface area contributed by atoms with Crippen molar-refractivity contribution < 1.29 is 48.0 Å². The Hall–Kier alpha value is -2.61. The zero-order chi connectivity index (χ0) is 37.6. The first-order valence-corrected chi connectivity index (χ1v) is 20.5. The van der Waals surface area contributed by atoms with Gasteiger partial charge in [-0.25, -0.2) is 4.79 Å². The van der Waals surface area contributed by atoms with Crippen molar-refractivity contribution in [2.24, 2.45) is 51.2 Å². The van der Waals surface area contributed by atoms with E-state index in [1.807, 2.05) is 26.8 Å². The maximum absolute atomic E-state index is 14.9. The monoisotopic (exact) mass is 748 g/mol. The van der Waals surface area contributed by atoms with Gasteiger partial charge in [-0.05, 0) is 82.1 Å². The summed E-state index contributed by atoms with van der Waals surface area (Å²) < 4.78 is 32.4. The molecule has 0 bridgehead atoms. The van der Waals surface area contributed by atoms with E-state index in [1.54, 1.807) is 6.26 Å². The fourth-order valence-corrected chi connectivity index (χ4v) is 14.5. The molecule has 5 aliphatic heterocycles. The zero-order valence-corrected chi connectivity index (χ0v) is 31.9. The van der Waals surface area contributed by atoms with E-state index < -0.39 is 69.2 Å². The first-order valence-electron chi connectivity index (χ1n) is 20.5. The van der Waals surface area contributed by atoms with Crippen LogP contribution in [0.2, 0.25) is 0 Å². The van der Waals surface area contributed by atoms with Crippen LogP contribution in [0, 0.1) is 51.2 Å². The lowest BCUT2D eigenvalue weighted by Crippen LogP contribution is -2.77. The molecule has 14 unspecified atom stereocenters. The third kappa shape index (κ3) is 4.23. The van der Waals surface area contributed by atoms with E-state index in [0.717, 1.165) is 44.5 Å². The number of aliphatic hydroxyl groups excluding tert-OH is 2. The molecule has 1 aromatic rings. The van der Waals surface area contributed by atoms with E-state index in [1.165, 1.54) is 0 Å². The molecule has 4 aliphatic carbocycles. The van der Waals surface area contributed by atoms with Gasteiger partial charge in [0.05, 0.1) is 29.3 Å². The van der Waals surface area contributed by atoms with E-state index in [4.69, 9.17) is 23.4 Å². The third-order valence-electron chi connectivity index (χ3n) is 16.9. The third-order valence-corrected chi connectivity index (χ3v) is 16.9. The summed E-state index contributed by atoms with van der Waals surface area (Å²) in [6.45, 7) is 9.66. The Morgan fingerprint density at radius 1 is 0.981 bits per heavy atom. The Kier molecular flexibility index (Phi) is 7.77. The number of cyclic esters (lactones) is 2. The van der Waals surface area contributed by atoms with Gasteiger partial charge in [0.15, 0.2) is 11.9 Å². The van der Waals surface area contributed by atoms with Crippen molar-refractivity contribution >= 4 is 17.7 Å². The molecule has 6 heterocycles. The van der Waals surface area contributed by atoms with Gasteiger partial charge in [0.25, 0.3) is 0 Å². The van der Waals surface area contributed by atoms with Crippen LogP contribution in [0.3, 0.4) is 0 Å². The normalized spacial score (nSPS) is 48.6. The van der Waals surface area contributed by atoms with Crippen LogP contribution < -0.4 is 10.6 Å². The van der Waals surface area contributed by atoms with Crippen molar-refractivity contribution in [3.05, 3.63) is 35.8 Å². The molecule has 3 spiro atoms. The lowest BCUT2D eigenvalue weighted by molar-refractivity contribution is -0.264. The number of esters is 2. The average molecular weight is 749 g/mol. The second kappa shape index (κ2) is 11.7. The van der Waals surface area contributed by atoms with Crippen LogP contribution in [-0.2, 0) is 39.8 Å². The Bertz CT molecular complexity index is 1780. The fourth-order valence-electron chi connectivity index (χ4n) is 14.5. The number of fused-ring (bicyclic) bond motifs is 2. The molecule has 10 rings (SSSR count). The lowest BCUT2D eigenvalue weighted by atomic mass is 9.35. The summed E-state index contributed by atoms with van der Waals surface area (Å²) in [6, 6.07) is 2.29. The summed E-state index contributed by atoms with van der Waals surface area (Å²) in [5.74, 6) is -0.908. The molecule has 8 fully saturated rings. The van der Waals surface area contributed by atoms with Gasteiger partial charge in [-0.3, -0.25) is 14.9 Å². The number of rotatable bonds is 6. The zero-order valence-electron chi connectivity index (χ0n) is 31.9. The topological polar surface area (TPSA) is 169 Å². The molecule has 54 heavy (non-hydrogen) atoms. The summed E-state index contributed by atoms with van der Waals surface area (Å²) in [6.07, 6.45) is 9.16. The summed E-state index contributed by atoms with van der Waals surface area (Å²) in [7, 11) is 0. The number of ether oxygens (including phenoxy) is 4. The van der Waals surface area contributed by atoms with Crippen LogP contribution in [0.5, 0.6) is 0 Å². The first-order chi connectivity index (χ1) is 25.8. The van der Waals surface area contributed by atoms with Crippen LogP contribution in [0.15, 0.2) is 28.9 Å². The smallest absolute Gasteiger partial charge is 0.339 e. The van der Waals surface area contributed by atoms with Crippen molar-refractivity contribution in [2.45, 2.75) is 127 Å². The molecule has 0 radical (unpaired) electrons. The molecule has 1 aromatic heterocycles. The van der Waals surface area contributed by atoms with Crippen LogP contribution in [0.4, 0.5) is 0 Å². The molecule has 12 nitrogen and oxygen atoms in total. The molecule has 0 aromatic carbocycles. The molecule has 12 heteroatoms. The van der Waals surface area contributed by atoms with Gasteiger partial charge in [0, 0.05) is 54.1 Å². The number of hydrogen-bond donors (Lipinski definition) is 4. The lowest BCUT2D eigenvalue weighted by Gasteiger charge is -2.67. The molecule has 5 saturated heterocycles. The highest BCUT2D eigenvalue weighted by Crippen LogP contribution is 2.81. The standard InChI is InChI=1S/C42H56N2O10/c1-37(2)30-29(46)31(47)39(4)28(41(30)20-51-36(49)40(35(41)54-37)13-5-6-14-40)11-15-38(3)32(52-34(48)33-42(38,39)53-33)25-12-16-50-27(25)17-24(19-45)22-7-9-23(10-8-22)26-18-43-21-44-26/h7,9,12,16,22-24,26,28,30-33,35,43-45,47H,5-6,8,10-11,13-15,17-21H2,1-4H3. The van der Waals surface area contributed by atoms with E-state index in [9.17, 15) is 24.6 Å². The largest absolute Gasteiger partial charge is 0.469 e. The van der Waals surface area contributed by atoms with Crippen molar-refractivity contribution in [3.8, 4) is 0 Å². The van der Waals surface area contributed by atoms with Gasteiger partial charge in [-0.15, -0.1) is 0 Å². The van der Waals surface area contributed by atoms with Crippen LogP contribution in [0.25, 0.3) is 0 Å². The minimum absolute atomic E-state index is 0.0111. The minimum Gasteiger partial charge on any atom is -0.469 e. The summed E-state index contributed by atoms with van der Waals surface area (Å²) >= 11 is 0. The highest BCUT2D eigenvalue weighted by molar-refractivity contribution is 5.92. The van der Waals surface area contributed by atoms with Gasteiger partial charge in [0.1, 0.15) is 30.2 Å². The number of Topliss-reactive ketones (excluding diaryl/α,β-unsaturated/α-hetero) is 1. The molecule has 294 valence electrons. The number of epoxide rings is 1. The summed E-state index contributed by atoms with van der Waals surface area (Å²) in [4.78, 5) is 42.7. The number of carbonyl (C=O) groups is 3. The average Bonchev–Trinajstić information content (AvgIpc) is 3.63. The number of allylic oxidation sites excluding steroid dienone is 1. The number of nitrogens with one attached hydrogen (secondary N) is 2. The van der Waals surface area contributed by atoms with Gasteiger partial charge in [-0.1, -0.05) is 38.8 Å². The van der Waals surface area contributed by atoms with Gasteiger partial charge in [-0.2, -0.15) is 0 Å². The number of ketones is 1. The highest BCUT2D eigenvalue weighted by Gasteiger charge is 2.91. The maximum atomic E-state index is 14.9. The number of hydrogen-bond acceptors (Lipinski definition) is 12. The van der Waals surface area contributed by atoms with Gasteiger partial charge < -0.3 is 38.9 Å². The predicted molar refractivity (Wildman–Crippen MR) is 191 cm³/mol. The van der Waals surface area contributed by atoms with E-state index in [-0.39, 0.29) is 42.7 Å². The highest BCUT2D eigenvalue weighted by atomic mass is 16.7. The second-order valence-electron chi connectivity index (χ2n) is 19.4. The molecule has 9 aliphatic rings. The van der Waals surface area contributed by atoms with E-state index in [0.29, 0.717) is 49.8 Å². The number of furan rings is 1. The SMILES string of the molecule is CC1(C)OC2C3(CCCC3)C(=O)OCC23C1C(=O)C(O)C1(C)C3CCC2(C)C(c3ccoc3CC(CO)C3C=CC(C4CNCN4)CC3)OC(=O)C3OC321. The molecule has 3 saturated carbocycles. The number of carbonyl (C=O) groups excluding carboxylic acids is 3. The van der Waals surface area contributed by atoms with Crippen molar-refractivity contribution in [1.82, 2.24) is 10.6 Å². The van der Waals surface area contributed by atoms with E-state index >= 15 is 0 Å². The molecular weight excluding hydrogens is 692 g/mol. The van der Waals surface area contributed by atoms with E-state index in [2.05, 4.69) is 29.7 Å². The Labute approximate surface area is 316 Å². The fraction of sp³-hybridized carbons (Fsp3) is 0.786. The molecule has 0 amide bonds. The van der Waals surface area contributed by atoms with Crippen LogP contribution in [-0.4, -0.2) is 89.9 Å². The molecular formula is C42H56N2O10. The van der Waals surface area contributed by atoms with Crippen LogP contribution >= 0.6 is 0 Å². The van der Waals surface area contributed by atoms with Crippen LogP contribution in [0.1, 0.15) is 96.5 Å². The van der Waals surface area contributed by atoms with Crippen molar-refractivity contribution in [2.75, 3.05) is 26.4 Å². The quantitative estimate of drug-likeness (QED) is 0.190. The molecule has 4 N–H and O–H groups in total. The Morgan fingerprint density at radius 2 is 1.78 bits per heavy atom. The van der Waals surface area contributed by atoms with Gasteiger partial charge >= 0.3 is 11.9 Å². The van der Waals surface area contributed by atoms with Crippen molar-refractivity contribution in [1.29, 1.82) is 0 Å². The summed E-state index contributed by atoms with van der Waals surface area (Å²) in [5, 5.41) is 30.1. The Morgan fingerprint density at radius 3 is 2.48 bits per heavy atom.